The number of carboxylic acids is 1. The van der Waals surface area contributed by atoms with Crippen molar-refractivity contribution in [3.8, 4) is 0 Å². The number of hydrazone groups is 1. The number of nitrogen functional groups attached to an aromatic ring is 1. The first kappa shape index (κ1) is 19.9. The predicted octanol–water partition coefficient (Wildman–Crippen LogP) is 2.09. The third kappa shape index (κ3) is 5.58. The van der Waals surface area contributed by atoms with Gasteiger partial charge in [-0.15, -0.1) is 10.2 Å². The van der Waals surface area contributed by atoms with Crippen LogP contribution in [0.4, 0.5) is 9.93 Å². The molecular formula is C14H15ClN6O3S2. The molecule has 138 valence electrons. The van der Waals surface area contributed by atoms with Crippen molar-refractivity contribution < 1.29 is 14.7 Å². The summed E-state index contributed by atoms with van der Waals surface area (Å²) in [6.45, 7) is 1.80. The summed E-state index contributed by atoms with van der Waals surface area (Å²) in [4.78, 5) is 22.7. The minimum Gasteiger partial charge on any atom is -0.480 e. The van der Waals surface area contributed by atoms with Gasteiger partial charge in [-0.25, -0.2) is 10.2 Å². The molecule has 0 saturated heterocycles. The lowest BCUT2D eigenvalue weighted by Crippen LogP contribution is -2.28. The number of nitrogens with one attached hydrogen (secondary N) is 1. The van der Waals surface area contributed by atoms with Crippen LogP contribution in [0.3, 0.4) is 0 Å². The van der Waals surface area contributed by atoms with Gasteiger partial charge in [0.15, 0.2) is 4.34 Å². The molecule has 9 nitrogen and oxygen atoms in total. The van der Waals surface area contributed by atoms with Crippen LogP contribution in [0.25, 0.3) is 0 Å². The maximum atomic E-state index is 11.7. The van der Waals surface area contributed by atoms with Gasteiger partial charge >= 0.3 is 12.0 Å². The number of aliphatic carboxylic acids is 1. The van der Waals surface area contributed by atoms with Crippen molar-refractivity contribution in [2.24, 2.45) is 10.8 Å². The number of urea groups is 1. The molecule has 0 aliphatic heterocycles. The number of benzene rings is 1. The van der Waals surface area contributed by atoms with Crippen LogP contribution >= 0.6 is 34.7 Å². The Hall–Kier alpha value is -2.37. The van der Waals surface area contributed by atoms with Crippen molar-refractivity contribution in [2.45, 2.75) is 22.9 Å². The number of hydrogen-bond donors (Lipinski definition) is 4. The second-order valence-electron chi connectivity index (χ2n) is 5.05. The van der Waals surface area contributed by atoms with Gasteiger partial charge in [0.1, 0.15) is 5.25 Å². The number of primary amides is 1. The highest BCUT2D eigenvalue weighted by molar-refractivity contribution is 8.02. The monoisotopic (exact) mass is 414 g/mol. The molecule has 1 heterocycles. The number of thioether (sulfide) groups is 1. The van der Waals surface area contributed by atoms with E-state index in [1.807, 2.05) is 0 Å². The van der Waals surface area contributed by atoms with Crippen molar-refractivity contribution in [3.63, 3.8) is 0 Å². The lowest BCUT2D eigenvalue weighted by atomic mass is 10.0. The van der Waals surface area contributed by atoms with E-state index in [2.05, 4.69) is 20.7 Å². The molecule has 2 aromatic rings. The Kier molecular flexibility index (Phi) is 6.77. The Labute approximate surface area is 161 Å². The first-order chi connectivity index (χ1) is 12.3. The minimum absolute atomic E-state index is 0.000830. The van der Waals surface area contributed by atoms with E-state index < -0.39 is 17.3 Å². The first-order valence-corrected chi connectivity index (χ1v) is 9.20. The van der Waals surface area contributed by atoms with Crippen LogP contribution in [-0.4, -0.2) is 38.3 Å². The summed E-state index contributed by atoms with van der Waals surface area (Å²) in [5, 5.41) is 20.8. The topological polar surface area (TPSA) is 157 Å². The van der Waals surface area contributed by atoms with Gasteiger partial charge in [-0.05, 0) is 30.2 Å². The largest absolute Gasteiger partial charge is 0.480 e. The van der Waals surface area contributed by atoms with Crippen LogP contribution < -0.4 is 16.9 Å². The standard InChI is InChI=1S/C14H15ClN6O3S2/c1-6-4-7(2-3-8(6)15)9(18-19-12(16)24)5-10(11(22)23)25-14-21-20-13(17)26-14/h2-4,10H,5H2,1H3,(H2,17,20)(H,22,23)(H3,16,19,24)/b18-9-. The Morgan fingerprint density at radius 1 is 1.46 bits per heavy atom. The average Bonchev–Trinajstić information content (AvgIpc) is 2.97. The van der Waals surface area contributed by atoms with E-state index in [0.29, 0.717) is 20.6 Å². The number of halogens is 1. The number of amides is 2. The number of anilines is 1. The van der Waals surface area contributed by atoms with Crippen molar-refractivity contribution in [2.75, 3.05) is 5.73 Å². The number of carbonyl (C=O) groups is 2. The molecule has 1 aromatic heterocycles. The number of carbonyl (C=O) groups excluding carboxylic acids is 1. The van der Waals surface area contributed by atoms with E-state index in [0.717, 1.165) is 28.7 Å². The molecule has 1 atom stereocenters. The summed E-state index contributed by atoms with van der Waals surface area (Å²) in [5.41, 5.74) is 14.5. The summed E-state index contributed by atoms with van der Waals surface area (Å²) < 4.78 is 0.421. The molecule has 1 aromatic carbocycles. The number of nitrogens with zero attached hydrogens (tertiary/aromatic N) is 3. The van der Waals surface area contributed by atoms with Crippen LogP contribution in [0.5, 0.6) is 0 Å². The fourth-order valence-electron chi connectivity index (χ4n) is 1.92. The molecule has 2 rings (SSSR count). The SMILES string of the molecule is Cc1cc(/C(CC(Sc2nnc(N)s2)C(=O)O)=N\NC(N)=O)ccc1Cl. The van der Waals surface area contributed by atoms with E-state index in [9.17, 15) is 14.7 Å². The van der Waals surface area contributed by atoms with Gasteiger partial charge in [-0.3, -0.25) is 4.79 Å². The molecule has 0 spiro atoms. The third-order valence-corrected chi connectivity index (χ3v) is 5.56. The van der Waals surface area contributed by atoms with Crippen molar-refractivity contribution >= 4 is 57.5 Å². The molecule has 26 heavy (non-hydrogen) atoms. The van der Waals surface area contributed by atoms with E-state index in [1.54, 1.807) is 25.1 Å². The zero-order valence-electron chi connectivity index (χ0n) is 13.5. The molecule has 1 unspecified atom stereocenters. The highest BCUT2D eigenvalue weighted by atomic mass is 35.5. The Bertz CT molecular complexity index is 857. The zero-order chi connectivity index (χ0) is 19.3. The van der Waals surface area contributed by atoms with E-state index in [1.165, 1.54) is 0 Å². The maximum Gasteiger partial charge on any atom is 0.332 e. The molecular weight excluding hydrogens is 400 g/mol. The molecule has 6 N–H and O–H groups in total. The molecule has 0 bridgehead atoms. The smallest absolute Gasteiger partial charge is 0.332 e. The van der Waals surface area contributed by atoms with Crippen LogP contribution in [0, 0.1) is 6.92 Å². The minimum atomic E-state index is -1.07. The first-order valence-electron chi connectivity index (χ1n) is 7.13. The summed E-state index contributed by atoms with van der Waals surface area (Å²) in [7, 11) is 0. The van der Waals surface area contributed by atoms with Crippen LogP contribution in [0.15, 0.2) is 27.6 Å². The molecule has 2 amide bonds. The van der Waals surface area contributed by atoms with Crippen LogP contribution in [0.2, 0.25) is 5.02 Å². The molecule has 0 aliphatic rings. The van der Waals surface area contributed by atoms with Gasteiger partial charge < -0.3 is 16.6 Å². The summed E-state index contributed by atoms with van der Waals surface area (Å²) in [6, 6.07) is 4.24. The number of rotatable bonds is 7. The molecule has 0 aliphatic carbocycles. The van der Waals surface area contributed by atoms with E-state index in [4.69, 9.17) is 23.1 Å². The summed E-state index contributed by atoms with van der Waals surface area (Å²) in [5.74, 6) is -1.07. The lowest BCUT2D eigenvalue weighted by Gasteiger charge is -2.13. The second kappa shape index (κ2) is 8.83. The molecule has 0 saturated carbocycles. The van der Waals surface area contributed by atoms with Crippen molar-refractivity contribution in [3.05, 3.63) is 34.3 Å². The zero-order valence-corrected chi connectivity index (χ0v) is 15.9. The molecule has 0 radical (unpaired) electrons. The predicted molar refractivity (Wildman–Crippen MR) is 102 cm³/mol. The van der Waals surface area contributed by atoms with Crippen LogP contribution in [-0.2, 0) is 4.79 Å². The van der Waals surface area contributed by atoms with E-state index in [-0.39, 0.29) is 11.6 Å². The summed E-state index contributed by atoms with van der Waals surface area (Å²) in [6.07, 6.45) is 0.000830. The van der Waals surface area contributed by atoms with Gasteiger partial charge in [-0.2, -0.15) is 5.10 Å². The highest BCUT2D eigenvalue weighted by Gasteiger charge is 2.24. The van der Waals surface area contributed by atoms with Gasteiger partial charge in [0, 0.05) is 11.4 Å². The van der Waals surface area contributed by atoms with Gasteiger partial charge in [0.2, 0.25) is 5.13 Å². The van der Waals surface area contributed by atoms with Gasteiger partial charge in [-0.1, -0.05) is 40.8 Å². The van der Waals surface area contributed by atoms with E-state index >= 15 is 0 Å². The van der Waals surface area contributed by atoms with Gasteiger partial charge in [0.25, 0.3) is 0 Å². The number of nitrogens with two attached hydrogens (primary N) is 2. The number of aryl methyl sites for hydroxylation is 1. The quantitative estimate of drug-likeness (QED) is 0.307. The average molecular weight is 415 g/mol. The fraction of sp³-hybridized carbons (Fsp3) is 0.214. The number of aromatic nitrogens is 2. The fourth-order valence-corrected chi connectivity index (χ4v) is 3.85. The second-order valence-corrected chi connectivity index (χ2v) is 7.92. The number of hydrogen-bond acceptors (Lipinski definition) is 8. The lowest BCUT2D eigenvalue weighted by molar-refractivity contribution is -0.136. The maximum absolute atomic E-state index is 11.7. The number of carboxylic acid groups (broad SMARTS) is 1. The molecule has 0 fully saturated rings. The highest BCUT2D eigenvalue weighted by Crippen LogP contribution is 2.30. The summed E-state index contributed by atoms with van der Waals surface area (Å²) >= 11 is 8.11. The Morgan fingerprint density at radius 2 is 2.19 bits per heavy atom. The third-order valence-electron chi connectivity index (χ3n) is 3.11. The Morgan fingerprint density at radius 3 is 2.73 bits per heavy atom. The van der Waals surface area contributed by atoms with Gasteiger partial charge in [0.05, 0.1) is 5.71 Å². The molecule has 12 heteroatoms. The van der Waals surface area contributed by atoms with Crippen molar-refractivity contribution in [1.82, 2.24) is 15.6 Å². The van der Waals surface area contributed by atoms with Crippen molar-refractivity contribution in [1.29, 1.82) is 0 Å². The van der Waals surface area contributed by atoms with Crippen LogP contribution in [0.1, 0.15) is 17.5 Å². The Balaban J connectivity index is 2.30. The normalized spacial score (nSPS) is 12.6.